The maximum absolute atomic E-state index is 12.3. The van der Waals surface area contributed by atoms with Crippen LogP contribution >= 0.6 is 0 Å². The molecule has 1 aliphatic rings. The maximum atomic E-state index is 12.3. The number of ether oxygens (including phenoxy) is 2. The van der Waals surface area contributed by atoms with E-state index < -0.39 is 42.3 Å². The van der Waals surface area contributed by atoms with E-state index in [2.05, 4.69) is 4.98 Å². The number of rotatable bonds is 4. The van der Waals surface area contributed by atoms with Crippen LogP contribution in [0, 0.1) is 0 Å². The summed E-state index contributed by atoms with van der Waals surface area (Å²) in [5.41, 5.74) is 2.07. The summed E-state index contributed by atoms with van der Waals surface area (Å²) < 4.78 is 10.8. The number of carbonyl (C=O) groups is 1. The van der Waals surface area contributed by atoms with Crippen molar-refractivity contribution < 1.29 is 29.6 Å². The Balaban J connectivity index is 2.62. The highest BCUT2D eigenvalue weighted by atomic mass is 16.6. The van der Waals surface area contributed by atoms with Gasteiger partial charge in [-0.1, -0.05) is 0 Å². The number of hydrogen-bond acceptors (Lipinski definition) is 9. The highest BCUT2D eigenvalue weighted by molar-refractivity contribution is 5.78. The molecule has 1 fully saturated rings. The summed E-state index contributed by atoms with van der Waals surface area (Å²) in [5.74, 6) is -1.18. The first-order valence-electron chi connectivity index (χ1n) is 6.56. The minimum atomic E-state index is -2.35. The average molecular weight is 315 g/mol. The van der Waals surface area contributed by atoms with E-state index >= 15 is 0 Å². The molecule has 1 saturated heterocycles. The van der Waals surface area contributed by atoms with Gasteiger partial charge in [-0.25, -0.2) is 9.59 Å². The molecule has 22 heavy (non-hydrogen) atoms. The van der Waals surface area contributed by atoms with Gasteiger partial charge in [-0.3, -0.25) is 4.57 Å². The summed E-state index contributed by atoms with van der Waals surface area (Å²) in [6.07, 6.45) is -3.62. The Morgan fingerprint density at radius 1 is 1.59 bits per heavy atom. The molecule has 4 atom stereocenters. The minimum Gasteiger partial charge on any atom is -0.462 e. The van der Waals surface area contributed by atoms with Crippen LogP contribution in [-0.2, 0) is 20.0 Å². The van der Waals surface area contributed by atoms with Crippen molar-refractivity contribution in [1.29, 1.82) is 0 Å². The van der Waals surface area contributed by atoms with Gasteiger partial charge in [0.05, 0.1) is 13.2 Å². The maximum Gasteiger partial charge on any atom is 0.363 e. The van der Waals surface area contributed by atoms with E-state index in [1.165, 1.54) is 13.0 Å². The molecule has 0 unspecified atom stereocenters. The van der Waals surface area contributed by atoms with Gasteiger partial charge in [0.15, 0.2) is 0 Å². The van der Waals surface area contributed by atoms with Crippen LogP contribution in [0.3, 0.4) is 0 Å². The molecule has 2 rings (SSSR count). The highest BCUT2D eigenvalue weighted by Crippen LogP contribution is 2.36. The van der Waals surface area contributed by atoms with Crippen LogP contribution in [0.2, 0.25) is 0 Å². The van der Waals surface area contributed by atoms with Gasteiger partial charge in [0.25, 0.3) is 5.72 Å². The molecule has 2 heterocycles. The summed E-state index contributed by atoms with van der Waals surface area (Å²) in [5, 5.41) is 29.3. The first kappa shape index (κ1) is 16.4. The van der Waals surface area contributed by atoms with E-state index in [4.69, 9.17) is 15.2 Å². The van der Waals surface area contributed by atoms with Crippen molar-refractivity contribution in [1.82, 2.24) is 9.55 Å². The molecular formula is C12H17N3O7. The predicted octanol–water partition coefficient (Wildman–Crippen LogP) is -2.85. The van der Waals surface area contributed by atoms with Crippen LogP contribution in [0.25, 0.3) is 0 Å². The van der Waals surface area contributed by atoms with E-state index in [9.17, 15) is 24.9 Å². The van der Waals surface area contributed by atoms with Gasteiger partial charge in [-0.15, -0.1) is 0 Å². The lowest BCUT2D eigenvalue weighted by Crippen LogP contribution is -2.56. The zero-order valence-corrected chi connectivity index (χ0v) is 11.7. The van der Waals surface area contributed by atoms with Gasteiger partial charge in [0.2, 0.25) is 0 Å². The van der Waals surface area contributed by atoms with Gasteiger partial charge in [0.1, 0.15) is 24.1 Å². The average Bonchev–Trinajstić information content (AvgIpc) is 2.73. The highest BCUT2D eigenvalue weighted by Gasteiger charge is 2.62. The van der Waals surface area contributed by atoms with Gasteiger partial charge < -0.3 is 30.5 Å². The fourth-order valence-electron chi connectivity index (χ4n) is 2.32. The number of anilines is 1. The largest absolute Gasteiger partial charge is 0.462 e. The van der Waals surface area contributed by atoms with E-state index in [0.29, 0.717) is 4.57 Å². The second-order valence-electron chi connectivity index (χ2n) is 4.70. The van der Waals surface area contributed by atoms with Crippen LogP contribution in [-0.4, -0.2) is 62.4 Å². The zero-order valence-electron chi connectivity index (χ0n) is 11.7. The van der Waals surface area contributed by atoms with Gasteiger partial charge >= 0.3 is 11.7 Å². The number of aliphatic hydroxyl groups is 3. The number of aromatic nitrogens is 2. The Bertz CT molecular complexity index is 619. The molecule has 1 aromatic rings. The lowest BCUT2D eigenvalue weighted by molar-refractivity contribution is -0.201. The van der Waals surface area contributed by atoms with Crippen molar-refractivity contribution >= 4 is 11.8 Å². The molecule has 0 amide bonds. The number of esters is 1. The number of carbonyl (C=O) groups excluding carboxylic acids is 1. The number of aliphatic hydroxyl groups excluding tert-OH is 3. The van der Waals surface area contributed by atoms with E-state index in [0.717, 1.165) is 6.20 Å². The second-order valence-corrected chi connectivity index (χ2v) is 4.70. The van der Waals surface area contributed by atoms with Gasteiger partial charge in [0, 0.05) is 6.20 Å². The monoisotopic (exact) mass is 315 g/mol. The molecule has 0 bridgehead atoms. The molecule has 10 heteroatoms. The summed E-state index contributed by atoms with van der Waals surface area (Å²) in [6.45, 7) is 0.807. The van der Waals surface area contributed by atoms with Crippen LogP contribution < -0.4 is 11.4 Å². The standard InChI is InChI=1S/C12H17N3O7/c1-2-21-10(19)12(9(18)8(17)6(5-16)22-12)15-4-3-7(13)14-11(15)20/h3-4,6,8-9,16-18H,2,5H2,1H3,(H2,13,14,20)/t6-,8-,9-,12+/m1/s1. The fraction of sp³-hybridized carbons (Fsp3) is 0.583. The molecule has 0 aliphatic carbocycles. The molecular weight excluding hydrogens is 298 g/mol. The number of nitrogens with zero attached hydrogens (tertiary/aromatic N) is 2. The Morgan fingerprint density at radius 2 is 2.27 bits per heavy atom. The van der Waals surface area contributed by atoms with Crippen LogP contribution in [0.5, 0.6) is 0 Å². The summed E-state index contributed by atoms with van der Waals surface area (Å²) in [4.78, 5) is 27.8. The first-order chi connectivity index (χ1) is 10.4. The Hall–Kier alpha value is -2.01. The number of nitrogens with two attached hydrogens (primary N) is 1. The second kappa shape index (κ2) is 6.01. The molecule has 0 aromatic carbocycles. The topological polar surface area (TPSA) is 157 Å². The summed E-state index contributed by atoms with van der Waals surface area (Å²) >= 11 is 0. The third-order valence-electron chi connectivity index (χ3n) is 3.37. The minimum absolute atomic E-state index is 0.0479. The summed E-state index contributed by atoms with van der Waals surface area (Å²) in [7, 11) is 0. The molecule has 5 N–H and O–H groups in total. The molecule has 1 aliphatic heterocycles. The molecule has 0 spiro atoms. The summed E-state index contributed by atoms with van der Waals surface area (Å²) in [6, 6.07) is 1.22. The van der Waals surface area contributed by atoms with Crippen molar-refractivity contribution in [3.63, 3.8) is 0 Å². The van der Waals surface area contributed by atoms with Crippen LogP contribution in [0.15, 0.2) is 17.1 Å². The Morgan fingerprint density at radius 3 is 2.77 bits per heavy atom. The number of nitrogen functional groups attached to an aromatic ring is 1. The molecule has 122 valence electrons. The first-order valence-corrected chi connectivity index (χ1v) is 6.56. The van der Waals surface area contributed by atoms with Crippen LogP contribution in [0.4, 0.5) is 5.82 Å². The van der Waals surface area contributed by atoms with Gasteiger partial charge in [-0.2, -0.15) is 4.98 Å². The van der Waals surface area contributed by atoms with Crippen molar-refractivity contribution in [3.05, 3.63) is 22.7 Å². The smallest absolute Gasteiger partial charge is 0.363 e. The quantitative estimate of drug-likeness (QED) is 0.429. The third-order valence-corrected chi connectivity index (χ3v) is 3.37. The normalized spacial score (nSPS) is 31.2. The zero-order chi connectivity index (χ0) is 16.5. The van der Waals surface area contributed by atoms with Crippen molar-refractivity contribution in [2.24, 2.45) is 0 Å². The molecule has 0 saturated carbocycles. The Kier molecular flexibility index (Phi) is 4.47. The predicted molar refractivity (Wildman–Crippen MR) is 71.5 cm³/mol. The van der Waals surface area contributed by atoms with E-state index in [1.54, 1.807) is 0 Å². The number of hydrogen-bond donors (Lipinski definition) is 4. The Labute approximate surface area is 124 Å². The lowest BCUT2D eigenvalue weighted by Gasteiger charge is -2.30. The molecule has 10 nitrogen and oxygen atoms in total. The molecule has 1 aromatic heterocycles. The van der Waals surface area contributed by atoms with Crippen molar-refractivity contribution in [2.45, 2.75) is 31.0 Å². The van der Waals surface area contributed by atoms with Crippen LogP contribution in [0.1, 0.15) is 6.92 Å². The SMILES string of the molecule is CCOC(=O)[C@@]1(n2ccc(N)nc2=O)O[C@H](CO)[C@@H](O)[C@H]1O. The van der Waals surface area contributed by atoms with Crippen molar-refractivity contribution in [3.8, 4) is 0 Å². The van der Waals surface area contributed by atoms with E-state index in [-0.39, 0.29) is 12.4 Å². The third kappa shape index (κ3) is 2.35. The van der Waals surface area contributed by atoms with E-state index in [1.807, 2.05) is 0 Å². The van der Waals surface area contributed by atoms with Gasteiger partial charge in [-0.05, 0) is 13.0 Å². The fourth-order valence-corrected chi connectivity index (χ4v) is 2.32. The lowest BCUT2D eigenvalue weighted by atomic mass is 10.0. The van der Waals surface area contributed by atoms with Crippen molar-refractivity contribution in [2.75, 3.05) is 18.9 Å². The molecule has 0 radical (unpaired) electrons.